The average Bonchev–Trinajstić information content (AvgIpc) is 3.60. The lowest BCUT2D eigenvalue weighted by molar-refractivity contribution is -0.193. The molecule has 3 aliphatic rings. The van der Waals surface area contributed by atoms with Gasteiger partial charge in [0.25, 0.3) is 0 Å². The van der Waals surface area contributed by atoms with Crippen molar-refractivity contribution in [3.05, 3.63) is 48.2 Å². The van der Waals surface area contributed by atoms with Gasteiger partial charge < -0.3 is 29.2 Å². The number of pyridine rings is 1. The quantitative estimate of drug-likeness (QED) is 0.513. The SMILES string of the molecule is O=C(O)C(F)(F)F.O=C(O)C(F)(F)F.c1ccc(O[C@H]2CO[C@@]3(CCN(Cc4ccc5c(c4)OCO5)C3)C2)nc1. The fourth-order valence-electron chi connectivity index (χ4n) is 4.11. The van der Waals surface area contributed by atoms with Gasteiger partial charge in [0.05, 0.1) is 12.2 Å². The van der Waals surface area contributed by atoms with Gasteiger partial charge in [0.1, 0.15) is 6.10 Å². The van der Waals surface area contributed by atoms with E-state index in [4.69, 9.17) is 38.7 Å². The zero-order valence-corrected chi connectivity index (χ0v) is 20.6. The van der Waals surface area contributed by atoms with Crippen LogP contribution in [0.4, 0.5) is 26.3 Å². The van der Waals surface area contributed by atoms with Gasteiger partial charge in [-0.2, -0.15) is 26.3 Å². The summed E-state index contributed by atoms with van der Waals surface area (Å²) in [6, 6.07) is 11.9. The highest BCUT2D eigenvalue weighted by molar-refractivity contribution is 5.73. The third-order valence-electron chi connectivity index (χ3n) is 5.82. The van der Waals surface area contributed by atoms with Gasteiger partial charge in [0.2, 0.25) is 12.7 Å². The molecule has 10 nitrogen and oxygen atoms in total. The first kappa shape index (κ1) is 30.7. The number of hydrogen-bond acceptors (Lipinski definition) is 8. The molecule has 2 atom stereocenters. The van der Waals surface area contributed by atoms with E-state index in [2.05, 4.69) is 22.0 Å². The van der Waals surface area contributed by atoms with Crippen LogP contribution in [-0.4, -0.2) is 82.6 Å². The average molecular weight is 582 g/mol. The predicted molar refractivity (Wildman–Crippen MR) is 122 cm³/mol. The lowest BCUT2D eigenvalue weighted by atomic mass is 9.98. The Balaban J connectivity index is 0.000000263. The van der Waals surface area contributed by atoms with Crippen LogP contribution in [0.3, 0.4) is 0 Å². The largest absolute Gasteiger partial charge is 0.490 e. The molecule has 2 fully saturated rings. The molecule has 0 aliphatic carbocycles. The maximum Gasteiger partial charge on any atom is 0.490 e. The van der Waals surface area contributed by atoms with Crippen LogP contribution < -0.4 is 14.2 Å². The molecule has 1 aromatic heterocycles. The van der Waals surface area contributed by atoms with Gasteiger partial charge in [0.15, 0.2) is 11.5 Å². The summed E-state index contributed by atoms with van der Waals surface area (Å²) in [7, 11) is 0. The smallest absolute Gasteiger partial charge is 0.475 e. The van der Waals surface area contributed by atoms with E-state index in [1.807, 2.05) is 24.3 Å². The zero-order valence-electron chi connectivity index (χ0n) is 20.6. The molecule has 3 aliphatic heterocycles. The molecule has 2 aromatic rings. The molecule has 2 saturated heterocycles. The second kappa shape index (κ2) is 12.6. The van der Waals surface area contributed by atoms with E-state index in [9.17, 15) is 26.3 Å². The number of carbonyl (C=O) groups is 2. The van der Waals surface area contributed by atoms with Gasteiger partial charge in [-0.05, 0) is 30.2 Å². The molecule has 5 rings (SSSR count). The Bertz CT molecular complexity index is 1140. The Hall–Kier alpha value is -3.79. The second-order valence-electron chi connectivity index (χ2n) is 8.86. The zero-order chi connectivity index (χ0) is 29.6. The van der Waals surface area contributed by atoms with Gasteiger partial charge >= 0.3 is 24.3 Å². The number of halogens is 6. The first-order chi connectivity index (χ1) is 18.7. The number of aliphatic carboxylic acids is 2. The lowest BCUT2D eigenvalue weighted by Crippen LogP contribution is -2.33. The standard InChI is InChI=1S/C20H22N2O4.2C2HF3O2/c1-2-7-21-19(3-1)26-16-10-20(25-12-16)6-8-22(13-20)11-15-4-5-17-18(9-15)24-14-23-17;2*3-2(4,5)1(6)7/h1-5,7,9,16H,6,8,10-14H2;2*(H,6,7)/t16-,20+;;/m1../s1. The van der Waals surface area contributed by atoms with E-state index >= 15 is 0 Å². The number of hydrogen-bond donors (Lipinski definition) is 2. The van der Waals surface area contributed by atoms with Crippen LogP contribution in [-0.2, 0) is 20.9 Å². The van der Waals surface area contributed by atoms with Gasteiger partial charge in [0, 0.05) is 38.3 Å². The summed E-state index contributed by atoms with van der Waals surface area (Å²) in [6.45, 7) is 3.81. The first-order valence-corrected chi connectivity index (χ1v) is 11.6. The number of fused-ring (bicyclic) bond motifs is 1. The Morgan fingerprint density at radius 3 is 2.27 bits per heavy atom. The summed E-state index contributed by atoms with van der Waals surface area (Å²) in [5.74, 6) is -3.16. The summed E-state index contributed by atoms with van der Waals surface area (Å²) in [4.78, 5) is 24.5. The molecule has 2 N–H and O–H groups in total. The minimum absolute atomic E-state index is 0.0791. The Kier molecular flexibility index (Phi) is 9.68. The highest BCUT2D eigenvalue weighted by Crippen LogP contribution is 2.38. The van der Waals surface area contributed by atoms with Gasteiger partial charge in [-0.25, -0.2) is 14.6 Å². The summed E-state index contributed by atoms with van der Waals surface area (Å²) in [5, 5.41) is 14.2. The molecular formula is C24H24F6N2O8. The van der Waals surface area contributed by atoms with Crippen LogP contribution >= 0.6 is 0 Å². The predicted octanol–water partition coefficient (Wildman–Crippen LogP) is 3.89. The van der Waals surface area contributed by atoms with Crippen molar-refractivity contribution >= 4 is 11.9 Å². The number of aromatic nitrogens is 1. The van der Waals surface area contributed by atoms with Crippen molar-refractivity contribution in [1.29, 1.82) is 0 Å². The molecule has 0 unspecified atom stereocenters. The molecular weight excluding hydrogens is 558 g/mol. The molecule has 0 bridgehead atoms. The van der Waals surface area contributed by atoms with Crippen molar-refractivity contribution in [2.24, 2.45) is 0 Å². The van der Waals surface area contributed by atoms with Crippen molar-refractivity contribution in [1.82, 2.24) is 9.88 Å². The molecule has 1 aromatic carbocycles. The van der Waals surface area contributed by atoms with Gasteiger partial charge in [-0.3, -0.25) is 4.90 Å². The molecule has 40 heavy (non-hydrogen) atoms. The van der Waals surface area contributed by atoms with E-state index in [0.717, 1.165) is 44.0 Å². The fraction of sp³-hybridized carbons (Fsp3) is 0.458. The van der Waals surface area contributed by atoms with E-state index in [1.165, 1.54) is 5.56 Å². The summed E-state index contributed by atoms with van der Waals surface area (Å²) in [5.41, 5.74) is 1.15. The number of benzene rings is 1. The Morgan fingerprint density at radius 2 is 1.68 bits per heavy atom. The molecule has 220 valence electrons. The minimum Gasteiger partial charge on any atom is -0.475 e. The lowest BCUT2D eigenvalue weighted by Gasteiger charge is -2.23. The van der Waals surface area contributed by atoms with Crippen LogP contribution in [0.2, 0.25) is 0 Å². The highest BCUT2D eigenvalue weighted by Gasteiger charge is 2.46. The van der Waals surface area contributed by atoms with Crippen molar-refractivity contribution in [2.75, 3.05) is 26.5 Å². The second-order valence-corrected chi connectivity index (χ2v) is 8.86. The van der Waals surface area contributed by atoms with Crippen LogP contribution in [0.5, 0.6) is 17.4 Å². The van der Waals surface area contributed by atoms with Crippen LogP contribution in [0.25, 0.3) is 0 Å². The maximum absolute atomic E-state index is 10.6. The normalized spacial score (nSPS) is 21.7. The van der Waals surface area contributed by atoms with E-state index < -0.39 is 24.3 Å². The van der Waals surface area contributed by atoms with Crippen LogP contribution in [0, 0.1) is 0 Å². The highest BCUT2D eigenvalue weighted by atomic mass is 19.4. The van der Waals surface area contributed by atoms with Crippen molar-refractivity contribution < 1.29 is 65.1 Å². The van der Waals surface area contributed by atoms with E-state index in [1.54, 1.807) is 6.20 Å². The molecule has 0 radical (unpaired) electrons. The van der Waals surface area contributed by atoms with E-state index in [0.29, 0.717) is 19.3 Å². The van der Waals surface area contributed by atoms with Crippen molar-refractivity contribution in [3.63, 3.8) is 0 Å². The monoisotopic (exact) mass is 582 g/mol. The van der Waals surface area contributed by atoms with Gasteiger partial charge in [-0.15, -0.1) is 0 Å². The first-order valence-electron chi connectivity index (χ1n) is 11.6. The molecule has 0 saturated carbocycles. The Labute approximate surface area is 223 Å². The maximum atomic E-state index is 10.6. The topological polar surface area (TPSA) is 128 Å². The number of ether oxygens (including phenoxy) is 4. The number of carboxylic acid groups (broad SMARTS) is 2. The van der Waals surface area contributed by atoms with Crippen molar-refractivity contribution in [2.45, 2.75) is 43.4 Å². The van der Waals surface area contributed by atoms with Crippen molar-refractivity contribution in [3.8, 4) is 17.4 Å². The molecule has 1 spiro atoms. The number of likely N-dealkylation sites (tertiary alicyclic amines) is 1. The summed E-state index contributed by atoms with van der Waals surface area (Å²) in [6.07, 6.45) is -6.37. The van der Waals surface area contributed by atoms with Gasteiger partial charge in [-0.1, -0.05) is 12.1 Å². The number of nitrogens with zero attached hydrogens (tertiary/aromatic N) is 2. The number of rotatable bonds is 4. The molecule has 0 amide bonds. The number of alkyl halides is 6. The fourth-order valence-corrected chi connectivity index (χ4v) is 4.11. The summed E-state index contributed by atoms with van der Waals surface area (Å²) < 4.78 is 86.5. The third-order valence-corrected chi connectivity index (χ3v) is 5.82. The van der Waals surface area contributed by atoms with Crippen LogP contribution in [0.1, 0.15) is 18.4 Å². The number of carboxylic acids is 2. The summed E-state index contributed by atoms with van der Waals surface area (Å²) >= 11 is 0. The molecule has 16 heteroatoms. The van der Waals surface area contributed by atoms with E-state index in [-0.39, 0.29) is 11.7 Å². The third kappa shape index (κ3) is 8.87. The van der Waals surface area contributed by atoms with Crippen LogP contribution in [0.15, 0.2) is 42.6 Å². The Morgan fingerprint density at radius 1 is 1.02 bits per heavy atom. The molecule has 4 heterocycles. The minimum atomic E-state index is -5.08.